The number of benzene rings is 4. The molecule has 5 atom stereocenters. The lowest BCUT2D eigenvalue weighted by atomic mass is 9.91. The number of nitrogens with one attached hydrogen (secondary N) is 2. The van der Waals surface area contributed by atoms with Gasteiger partial charge in [0.1, 0.15) is 6.04 Å². The van der Waals surface area contributed by atoms with Gasteiger partial charge in [-0.05, 0) is 54.3 Å². The summed E-state index contributed by atoms with van der Waals surface area (Å²) in [6, 6.07) is 29.6. The molecule has 4 aromatic carbocycles. The Hall–Kier alpha value is -4.30. The smallest absolute Gasteiger partial charge is 0.242 e. The Labute approximate surface area is 303 Å². The van der Waals surface area contributed by atoms with E-state index in [0.717, 1.165) is 27.4 Å². The lowest BCUT2D eigenvalue weighted by Crippen LogP contribution is -2.45. The van der Waals surface area contributed by atoms with E-state index in [1.165, 1.54) is 12.1 Å². The summed E-state index contributed by atoms with van der Waals surface area (Å²) in [6.07, 6.45) is 2.54. The first-order valence-corrected chi connectivity index (χ1v) is 19.2. The maximum atomic E-state index is 13.8. The third-order valence-corrected chi connectivity index (χ3v) is 11.6. The van der Waals surface area contributed by atoms with Crippen molar-refractivity contribution in [1.82, 2.24) is 14.3 Å². The predicted molar refractivity (Wildman–Crippen MR) is 197 cm³/mol. The van der Waals surface area contributed by atoms with E-state index in [1.54, 1.807) is 48.3 Å². The zero-order chi connectivity index (χ0) is 36.0. The van der Waals surface area contributed by atoms with Crippen LogP contribution in [0.3, 0.4) is 0 Å². The molecule has 1 aromatic heterocycles. The topological polar surface area (TPSA) is 132 Å². The number of hydrogen-bond donors (Lipinski definition) is 3. The highest BCUT2D eigenvalue weighted by Crippen LogP contribution is 2.43. The molecule has 1 aliphatic heterocycles. The van der Waals surface area contributed by atoms with Crippen molar-refractivity contribution in [2.24, 2.45) is 13.0 Å². The van der Waals surface area contributed by atoms with Crippen molar-refractivity contribution in [3.63, 3.8) is 0 Å². The first-order chi connectivity index (χ1) is 24.6. The van der Waals surface area contributed by atoms with Crippen LogP contribution in [-0.2, 0) is 44.4 Å². The molecular formula is C39H42N4O6S2. The summed E-state index contributed by atoms with van der Waals surface area (Å²) in [5.74, 6) is 0.115. The van der Waals surface area contributed by atoms with E-state index in [0.29, 0.717) is 17.0 Å². The van der Waals surface area contributed by atoms with Crippen LogP contribution in [0.5, 0.6) is 0 Å². The first-order valence-electron chi connectivity index (χ1n) is 16.7. The number of aliphatic hydroxyl groups is 1. The van der Waals surface area contributed by atoms with Crippen LogP contribution >= 0.6 is 11.8 Å². The van der Waals surface area contributed by atoms with Gasteiger partial charge in [0.25, 0.3) is 0 Å². The average Bonchev–Trinajstić information content (AvgIpc) is 3.55. The van der Waals surface area contributed by atoms with Gasteiger partial charge < -0.3 is 24.5 Å². The van der Waals surface area contributed by atoms with E-state index >= 15 is 0 Å². The zero-order valence-electron chi connectivity index (χ0n) is 28.7. The molecule has 0 aliphatic carbocycles. The molecule has 5 aromatic rings. The third kappa shape index (κ3) is 9.14. The number of carbonyl (C=O) groups is 1. The van der Waals surface area contributed by atoms with Crippen LogP contribution in [-0.4, -0.2) is 46.9 Å². The van der Waals surface area contributed by atoms with Gasteiger partial charge in [-0.15, -0.1) is 0 Å². The molecule has 1 aliphatic rings. The minimum absolute atomic E-state index is 0.0165. The molecule has 0 bridgehead atoms. The van der Waals surface area contributed by atoms with Crippen molar-refractivity contribution in [3.05, 3.63) is 143 Å². The van der Waals surface area contributed by atoms with Gasteiger partial charge in [-0.3, -0.25) is 4.79 Å². The number of aliphatic hydroxyl groups excluding tert-OH is 1. The summed E-state index contributed by atoms with van der Waals surface area (Å²) >= 11 is 1.61. The molecule has 0 radical (unpaired) electrons. The van der Waals surface area contributed by atoms with Crippen LogP contribution in [0.2, 0.25) is 0 Å². The molecule has 3 N–H and O–H groups in total. The highest BCUT2D eigenvalue weighted by molar-refractivity contribution is 7.99. The van der Waals surface area contributed by atoms with Crippen LogP contribution in [0.15, 0.2) is 126 Å². The number of amides is 1. The fourth-order valence-corrected chi connectivity index (χ4v) is 8.25. The monoisotopic (exact) mass is 726 g/mol. The summed E-state index contributed by atoms with van der Waals surface area (Å²) in [5.41, 5.74) is 4.68. The number of thioether (sulfide) groups is 1. The number of anilines is 1. The fourth-order valence-electron chi connectivity index (χ4n) is 5.96. The lowest BCUT2D eigenvalue weighted by molar-refractivity contribution is -0.268. The third-order valence-electron chi connectivity index (χ3n) is 8.93. The van der Waals surface area contributed by atoms with Gasteiger partial charge in [-0.2, -0.15) is 4.72 Å². The van der Waals surface area contributed by atoms with E-state index in [4.69, 9.17) is 9.47 Å². The Bertz CT molecular complexity index is 2020. The number of imidazole rings is 1. The summed E-state index contributed by atoms with van der Waals surface area (Å²) in [4.78, 5) is 18.4. The Balaban J connectivity index is 1.24. The van der Waals surface area contributed by atoms with Gasteiger partial charge in [-0.25, -0.2) is 13.4 Å². The van der Waals surface area contributed by atoms with Crippen LogP contribution < -0.4 is 10.0 Å². The highest BCUT2D eigenvalue weighted by atomic mass is 32.2. The van der Waals surface area contributed by atoms with Crippen molar-refractivity contribution in [3.8, 4) is 0 Å². The maximum absolute atomic E-state index is 13.8. The van der Waals surface area contributed by atoms with Crippen LogP contribution in [0.1, 0.15) is 47.1 Å². The standard InChI is InChI=1S/C39H42N4O6S2/c1-26-12-18-33(19-13-26)51(46,47)42-34(22-28-8-5-4-6-9-28)37(45)41-32-11-7-10-31(23-32)38-48-35(25-50-39-40-20-21-43(39)3)27(2)36(49-38)30-16-14-29(24-44)15-17-30/h4-21,23,27,34-36,38,42,44H,22,24-25H2,1-3H3,(H,41,45)/t27-,34+,35+,36+,38+/m0/s1. The number of aryl methyl sites for hydroxylation is 2. The molecule has 266 valence electrons. The minimum Gasteiger partial charge on any atom is -0.392 e. The summed E-state index contributed by atoms with van der Waals surface area (Å²) < 4.78 is 44.6. The molecule has 2 heterocycles. The average molecular weight is 727 g/mol. The molecule has 10 nitrogen and oxygen atoms in total. The fraction of sp³-hybridized carbons (Fsp3) is 0.282. The second-order valence-electron chi connectivity index (χ2n) is 12.7. The first kappa shape index (κ1) is 36.5. The van der Waals surface area contributed by atoms with Gasteiger partial charge in [-0.1, -0.05) is 103 Å². The second kappa shape index (κ2) is 16.4. The van der Waals surface area contributed by atoms with Gasteiger partial charge in [0.15, 0.2) is 11.4 Å². The quantitative estimate of drug-likeness (QED) is 0.120. The molecule has 0 unspecified atom stereocenters. The number of nitrogens with zero attached hydrogens (tertiary/aromatic N) is 2. The van der Waals surface area contributed by atoms with E-state index in [-0.39, 0.29) is 36.0 Å². The highest BCUT2D eigenvalue weighted by Gasteiger charge is 2.38. The molecule has 1 saturated heterocycles. The number of hydrogen-bond acceptors (Lipinski definition) is 8. The number of ether oxygens (including phenoxy) is 2. The summed E-state index contributed by atoms with van der Waals surface area (Å²) in [5, 5.41) is 13.4. The lowest BCUT2D eigenvalue weighted by Gasteiger charge is -2.41. The van der Waals surface area contributed by atoms with Gasteiger partial charge in [0.05, 0.1) is 23.7 Å². The molecule has 1 fully saturated rings. The Morgan fingerprint density at radius 3 is 2.37 bits per heavy atom. The van der Waals surface area contributed by atoms with E-state index in [2.05, 4.69) is 21.9 Å². The predicted octanol–water partition coefficient (Wildman–Crippen LogP) is 6.33. The number of rotatable bonds is 13. The SMILES string of the molecule is Cc1ccc(S(=O)(=O)N[C@H](Cc2ccccc2)C(=O)Nc2cccc([C@@H]3O[C@H](CSc4nccn4C)[C@H](C)[C@H](c4ccc(CO)cc4)O3)c2)cc1. The molecule has 12 heteroatoms. The molecular weight excluding hydrogens is 685 g/mol. The molecule has 51 heavy (non-hydrogen) atoms. The Kier molecular flexibility index (Phi) is 11.7. The Morgan fingerprint density at radius 2 is 1.69 bits per heavy atom. The number of sulfonamides is 1. The Morgan fingerprint density at radius 1 is 0.941 bits per heavy atom. The normalized spacial score (nSPS) is 19.8. The summed E-state index contributed by atoms with van der Waals surface area (Å²) in [7, 11) is -2.05. The zero-order valence-corrected chi connectivity index (χ0v) is 30.3. The van der Waals surface area contributed by atoms with Crippen LogP contribution in [0.25, 0.3) is 0 Å². The molecule has 1 amide bonds. The maximum Gasteiger partial charge on any atom is 0.242 e. The number of carbonyl (C=O) groups excluding carboxylic acids is 1. The van der Waals surface area contributed by atoms with E-state index in [9.17, 15) is 18.3 Å². The van der Waals surface area contributed by atoms with Crippen LogP contribution in [0.4, 0.5) is 5.69 Å². The van der Waals surface area contributed by atoms with Gasteiger partial charge >= 0.3 is 0 Å². The largest absolute Gasteiger partial charge is 0.392 e. The van der Waals surface area contributed by atoms with Gasteiger partial charge in [0, 0.05) is 42.4 Å². The summed E-state index contributed by atoms with van der Waals surface area (Å²) in [6.45, 7) is 3.93. The van der Waals surface area contributed by atoms with Crippen molar-refractivity contribution in [2.45, 2.75) is 61.5 Å². The van der Waals surface area contributed by atoms with Crippen molar-refractivity contribution >= 4 is 33.4 Å². The van der Waals surface area contributed by atoms with E-state index < -0.39 is 28.3 Å². The minimum atomic E-state index is -4.00. The van der Waals surface area contributed by atoms with E-state index in [1.807, 2.05) is 85.4 Å². The second-order valence-corrected chi connectivity index (χ2v) is 15.4. The molecule has 6 rings (SSSR count). The van der Waals surface area contributed by atoms with Crippen molar-refractivity contribution in [2.75, 3.05) is 11.1 Å². The van der Waals surface area contributed by atoms with Crippen molar-refractivity contribution < 1.29 is 27.8 Å². The molecule has 0 spiro atoms. The van der Waals surface area contributed by atoms with Gasteiger partial charge in [0.2, 0.25) is 15.9 Å². The number of aromatic nitrogens is 2. The van der Waals surface area contributed by atoms with Crippen LogP contribution in [0, 0.1) is 12.8 Å². The van der Waals surface area contributed by atoms with Crippen molar-refractivity contribution in [1.29, 1.82) is 0 Å². The molecule has 0 saturated carbocycles.